The number of nitrogens with one attached hydrogen (secondary N) is 1. The molecule has 2 aromatic rings. The molecule has 3 rings (SSSR count). The molecule has 1 atom stereocenters. The van der Waals surface area contributed by atoms with Crippen molar-refractivity contribution in [2.45, 2.75) is 12.8 Å². The minimum absolute atomic E-state index is 0.190. The molecule has 9 heteroatoms. The van der Waals surface area contributed by atoms with Crippen LogP contribution in [-0.4, -0.2) is 34.8 Å². The number of primary amides is 1. The molecule has 1 saturated heterocycles. The van der Waals surface area contributed by atoms with E-state index >= 15 is 0 Å². The van der Waals surface area contributed by atoms with Crippen molar-refractivity contribution in [3.63, 3.8) is 0 Å². The first-order valence-corrected chi connectivity index (χ1v) is 9.34. The number of anilines is 2. The van der Waals surface area contributed by atoms with Crippen molar-refractivity contribution >= 4 is 57.2 Å². The summed E-state index contributed by atoms with van der Waals surface area (Å²) in [5.41, 5.74) is 6.44. The van der Waals surface area contributed by atoms with E-state index in [2.05, 4.69) is 10.3 Å². The highest BCUT2D eigenvalue weighted by atomic mass is 35.5. The Morgan fingerprint density at radius 3 is 2.84 bits per heavy atom. The zero-order valence-corrected chi connectivity index (χ0v) is 15.5. The first-order chi connectivity index (χ1) is 11.9. The SMILES string of the molecule is NC(=O)C1CCCN(C(=O)c2csc(Nc3ccc(Cl)c(Cl)c3)n2)C1. The van der Waals surface area contributed by atoms with Gasteiger partial charge in [0.15, 0.2) is 5.13 Å². The van der Waals surface area contributed by atoms with E-state index in [9.17, 15) is 9.59 Å². The van der Waals surface area contributed by atoms with Crippen LogP contribution in [0.3, 0.4) is 0 Å². The van der Waals surface area contributed by atoms with E-state index in [1.54, 1.807) is 28.5 Å². The predicted octanol–water partition coefficient (Wildman–Crippen LogP) is 3.53. The van der Waals surface area contributed by atoms with Crippen molar-refractivity contribution in [1.29, 1.82) is 0 Å². The molecular weight excluding hydrogens is 383 g/mol. The third-order valence-corrected chi connectivity index (χ3v) is 5.50. The topological polar surface area (TPSA) is 88.3 Å². The van der Waals surface area contributed by atoms with E-state index < -0.39 is 0 Å². The summed E-state index contributed by atoms with van der Waals surface area (Å²) in [4.78, 5) is 29.9. The zero-order chi connectivity index (χ0) is 18.0. The van der Waals surface area contributed by atoms with Crippen LogP contribution in [-0.2, 0) is 4.79 Å². The quantitative estimate of drug-likeness (QED) is 0.823. The highest BCUT2D eigenvalue weighted by molar-refractivity contribution is 7.14. The van der Waals surface area contributed by atoms with Crippen LogP contribution in [0.2, 0.25) is 10.0 Å². The van der Waals surface area contributed by atoms with Crippen LogP contribution in [0.4, 0.5) is 10.8 Å². The van der Waals surface area contributed by atoms with Crippen molar-refractivity contribution in [2.24, 2.45) is 11.7 Å². The van der Waals surface area contributed by atoms with Gasteiger partial charge in [-0.2, -0.15) is 0 Å². The number of thiazole rings is 1. The molecule has 3 N–H and O–H groups in total. The largest absolute Gasteiger partial charge is 0.369 e. The molecule has 1 aromatic carbocycles. The van der Waals surface area contributed by atoms with Crippen LogP contribution in [0.15, 0.2) is 23.6 Å². The lowest BCUT2D eigenvalue weighted by Crippen LogP contribution is -2.44. The molecule has 1 aliphatic heterocycles. The number of amides is 2. The number of hydrogen-bond acceptors (Lipinski definition) is 5. The first-order valence-electron chi connectivity index (χ1n) is 7.70. The summed E-state index contributed by atoms with van der Waals surface area (Å²) in [7, 11) is 0. The van der Waals surface area contributed by atoms with Crippen LogP contribution in [0.5, 0.6) is 0 Å². The van der Waals surface area contributed by atoms with E-state index in [0.29, 0.717) is 34.0 Å². The van der Waals surface area contributed by atoms with Crippen LogP contribution in [0.25, 0.3) is 0 Å². The lowest BCUT2D eigenvalue weighted by atomic mass is 9.97. The number of benzene rings is 1. The van der Waals surface area contributed by atoms with Gasteiger partial charge in [-0.25, -0.2) is 4.98 Å². The second-order valence-corrected chi connectivity index (χ2v) is 7.46. The Kier molecular flexibility index (Phi) is 5.46. The van der Waals surface area contributed by atoms with Crippen LogP contribution in [0, 0.1) is 5.92 Å². The zero-order valence-electron chi connectivity index (χ0n) is 13.2. The Morgan fingerprint density at radius 2 is 2.12 bits per heavy atom. The minimum Gasteiger partial charge on any atom is -0.369 e. The molecule has 2 amide bonds. The van der Waals surface area contributed by atoms with Gasteiger partial charge in [0.1, 0.15) is 5.69 Å². The number of nitrogens with two attached hydrogens (primary N) is 1. The summed E-state index contributed by atoms with van der Waals surface area (Å²) >= 11 is 13.2. The molecule has 0 radical (unpaired) electrons. The molecule has 0 spiro atoms. The Balaban J connectivity index is 1.69. The van der Waals surface area contributed by atoms with E-state index in [-0.39, 0.29) is 17.7 Å². The number of hydrogen-bond donors (Lipinski definition) is 2. The standard InChI is InChI=1S/C16H16Cl2N4O2S/c17-11-4-3-10(6-12(11)18)20-16-21-13(8-25-16)15(24)22-5-1-2-9(7-22)14(19)23/h3-4,6,8-9H,1-2,5,7H2,(H2,19,23)(H,20,21). The van der Waals surface area contributed by atoms with Crippen molar-refractivity contribution in [1.82, 2.24) is 9.88 Å². The molecule has 1 aliphatic rings. The van der Waals surface area contributed by atoms with Crippen LogP contribution >= 0.6 is 34.5 Å². The van der Waals surface area contributed by atoms with Crippen molar-refractivity contribution in [2.75, 3.05) is 18.4 Å². The molecule has 0 bridgehead atoms. The fraction of sp³-hybridized carbons (Fsp3) is 0.312. The highest BCUT2D eigenvalue weighted by Gasteiger charge is 2.28. The lowest BCUT2D eigenvalue weighted by molar-refractivity contribution is -0.123. The number of likely N-dealkylation sites (tertiary alicyclic amines) is 1. The lowest BCUT2D eigenvalue weighted by Gasteiger charge is -2.30. The summed E-state index contributed by atoms with van der Waals surface area (Å²) in [6.45, 7) is 0.955. The first kappa shape index (κ1) is 18.0. The third-order valence-electron chi connectivity index (χ3n) is 4.01. The maximum atomic E-state index is 12.6. The fourth-order valence-corrected chi connectivity index (χ4v) is 3.69. The second-order valence-electron chi connectivity index (χ2n) is 5.78. The van der Waals surface area contributed by atoms with Crippen LogP contribution < -0.4 is 11.1 Å². The number of aromatic nitrogens is 1. The Morgan fingerprint density at radius 1 is 1.32 bits per heavy atom. The predicted molar refractivity (Wildman–Crippen MR) is 99.7 cm³/mol. The van der Waals surface area contributed by atoms with Crippen molar-refractivity contribution < 1.29 is 9.59 Å². The Bertz CT molecular complexity index is 811. The summed E-state index contributed by atoms with van der Waals surface area (Å²) in [6.07, 6.45) is 1.48. The number of rotatable bonds is 4. The van der Waals surface area contributed by atoms with Gasteiger partial charge in [-0.15, -0.1) is 11.3 Å². The number of carbonyl (C=O) groups excluding carboxylic acids is 2. The van der Waals surface area contributed by atoms with Gasteiger partial charge in [0.2, 0.25) is 5.91 Å². The average molecular weight is 399 g/mol. The van der Waals surface area contributed by atoms with Crippen molar-refractivity contribution in [3.05, 3.63) is 39.3 Å². The highest BCUT2D eigenvalue weighted by Crippen LogP contribution is 2.28. The Hall–Kier alpha value is -1.83. The molecular formula is C16H16Cl2N4O2S. The average Bonchev–Trinajstić information content (AvgIpc) is 3.06. The number of nitrogens with zero attached hydrogens (tertiary/aromatic N) is 2. The normalized spacial score (nSPS) is 17.4. The maximum absolute atomic E-state index is 12.6. The smallest absolute Gasteiger partial charge is 0.273 e. The van der Waals surface area contributed by atoms with E-state index in [1.165, 1.54) is 11.3 Å². The monoisotopic (exact) mass is 398 g/mol. The third kappa shape index (κ3) is 4.23. The summed E-state index contributed by atoms with van der Waals surface area (Å²) in [5, 5.41) is 6.27. The van der Waals surface area contributed by atoms with E-state index in [4.69, 9.17) is 28.9 Å². The van der Waals surface area contributed by atoms with Gasteiger partial charge in [0, 0.05) is 24.2 Å². The summed E-state index contributed by atoms with van der Waals surface area (Å²) in [5.74, 6) is -0.840. The summed E-state index contributed by atoms with van der Waals surface area (Å²) < 4.78 is 0. The molecule has 0 aliphatic carbocycles. The number of carbonyl (C=O) groups is 2. The molecule has 1 aromatic heterocycles. The summed E-state index contributed by atoms with van der Waals surface area (Å²) in [6, 6.07) is 5.15. The van der Waals surface area contributed by atoms with Gasteiger partial charge in [0.25, 0.3) is 5.91 Å². The van der Waals surface area contributed by atoms with Crippen LogP contribution in [0.1, 0.15) is 23.3 Å². The maximum Gasteiger partial charge on any atom is 0.273 e. The van der Waals surface area contributed by atoms with Gasteiger partial charge in [-0.1, -0.05) is 23.2 Å². The molecule has 0 saturated carbocycles. The molecule has 1 unspecified atom stereocenters. The van der Waals surface area contributed by atoms with Crippen molar-refractivity contribution in [3.8, 4) is 0 Å². The van der Waals surface area contributed by atoms with Gasteiger partial charge < -0.3 is 16.0 Å². The molecule has 1 fully saturated rings. The molecule has 2 heterocycles. The van der Waals surface area contributed by atoms with Gasteiger partial charge >= 0.3 is 0 Å². The Labute approximate surface area is 158 Å². The molecule has 132 valence electrons. The minimum atomic E-state index is -0.363. The number of halogens is 2. The van der Waals surface area contributed by atoms with Gasteiger partial charge in [-0.3, -0.25) is 9.59 Å². The fourth-order valence-electron chi connectivity index (χ4n) is 2.68. The van der Waals surface area contributed by atoms with E-state index in [0.717, 1.165) is 18.5 Å². The van der Waals surface area contributed by atoms with Gasteiger partial charge in [0.05, 0.1) is 16.0 Å². The molecule has 6 nitrogen and oxygen atoms in total. The number of piperidine rings is 1. The second kappa shape index (κ2) is 7.59. The van der Waals surface area contributed by atoms with E-state index in [1.807, 2.05) is 0 Å². The molecule has 25 heavy (non-hydrogen) atoms. The van der Waals surface area contributed by atoms with Gasteiger partial charge in [-0.05, 0) is 31.0 Å².